The average molecular weight is 222 g/mol. The Labute approximate surface area is 92.0 Å². The van der Waals surface area contributed by atoms with Gasteiger partial charge in [0.1, 0.15) is 0 Å². The summed E-state index contributed by atoms with van der Waals surface area (Å²) < 4.78 is 0. The van der Waals surface area contributed by atoms with Gasteiger partial charge in [0.2, 0.25) is 8.07 Å². The summed E-state index contributed by atoms with van der Waals surface area (Å²) in [5, 5.41) is 10.4. The van der Waals surface area contributed by atoms with Crippen molar-refractivity contribution in [3.8, 4) is 0 Å². The van der Waals surface area contributed by atoms with Crippen molar-refractivity contribution in [3.05, 3.63) is 30.3 Å². The van der Waals surface area contributed by atoms with E-state index in [0.29, 0.717) is 0 Å². The standard InChI is InChI=1S/C12H18O2Si/c1-3-4-10-15(2,12(13)14)11-8-6-5-7-9-11/h5-9H,3-4,10H2,1-2H3,(H,13,14)/t15-/m0/s1. The van der Waals surface area contributed by atoms with E-state index in [9.17, 15) is 9.90 Å². The van der Waals surface area contributed by atoms with Crippen molar-refractivity contribution in [2.45, 2.75) is 32.4 Å². The molecule has 1 N–H and O–H groups in total. The highest BCUT2D eigenvalue weighted by molar-refractivity contribution is 7.12. The first kappa shape index (κ1) is 12.0. The second kappa shape index (κ2) is 5.12. The molecule has 0 spiro atoms. The molecule has 0 bridgehead atoms. The average Bonchev–Trinajstić information content (AvgIpc) is 2.27. The number of benzene rings is 1. The van der Waals surface area contributed by atoms with E-state index in [1.807, 2.05) is 36.9 Å². The molecule has 0 heterocycles. The van der Waals surface area contributed by atoms with Crippen molar-refractivity contribution >= 4 is 18.9 Å². The zero-order chi connectivity index (χ0) is 11.3. The van der Waals surface area contributed by atoms with Crippen molar-refractivity contribution in [1.29, 1.82) is 0 Å². The van der Waals surface area contributed by atoms with Crippen LogP contribution in [0.15, 0.2) is 30.3 Å². The third-order valence-electron chi connectivity index (χ3n) is 2.91. The Balaban J connectivity index is 2.96. The fourth-order valence-corrected chi connectivity index (χ4v) is 4.45. The van der Waals surface area contributed by atoms with Crippen LogP contribution in [-0.4, -0.2) is 18.8 Å². The number of hydrogen-bond donors (Lipinski definition) is 1. The molecule has 0 aromatic heterocycles. The van der Waals surface area contributed by atoms with Gasteiger partial charge in [-0.3, -0.25) is 4.79 Å². The predicted molar refractivity (Wildman–Crippen MR) is 65.4 cm³/mol. The van der Waals surface area contributed by atoms with Crippen LogP contribution < -0.4 is 5.19 Å². The highest BCUT2D eigenvalue weighted by Gasteiger charge is 2.37. The van der Waals surface area contributed by atoms with E-state index in [1.165, 1.54) is 0 Å². The van der Waals surface area contributed by atoms with Gasteiger partial charge in [-0.15, -0.1) is 0 Å². The molecule has 0 fully saturated rings. The number of carbonyl (C=O) groups is 1. The van der Waals surface area contributed by atoms with E-state index in [1.54, 1.807) is 0 Å². The number of rotatable bonds is 5. The lowest BCUT2D eigenvalue weighted by atomic mass is 10.4. The zero-order valence-electron chi connectivity index (χ0n) is 9.36. The van der Waals surface area contributed by atoms with Crippen LogP contribution >= 0.6 is 0 Å². The van der Waals surface area contributed by atoms with Crippen LogP contribution in [0.3, 0.4) is 0 Å². The lowest BCUT2D eigenvalue weighted by Crippen LogP contribution is -2.51. The Hall–Kier alpha value is -1.09. The Kier molecular flexibility index (Phi) is 4.09. The third kappa shape index (κ3) is 2.69. The molecule has 1 aromatic rings. The summed E-state index contributed by atoms with van der Waals surface area (Å²) in [5.74, 6) is 0. The van der Waals surface area contributed by atoms with Gasteiger partial charge in [-0.2, -0.15) is 0 Å². The molecule has 15 heavy (non-hydrogen) atoms. The highest BCUT2D eigenvalue weighted by Crippen LogP contribution is 2.15. The maximum atomic E-state index is 11.4. The van der Waals surface area contributed by atoms with E-state index >= 15 is 0 Å². The molecule has 0 saturated heterocycles. The zero-order valence-corrected chi connectivity index (χ0v) is 10.4. The smallest absolute Gasteiger partial charge is 0.274 e. The Morgan fingerprint density at radius 1 is 1.33 bits per heavy atom. The van der Waals surface area contributed by atoms with Gasteiger partial charge in [-0.05, 0) is 11.2 Å². The quantitative estimate of drug-likeness (QED) is 0.778. The van der Waals surface area contributed by atoms with Crippen molar-refractivity contribution < 1.29 is 9.90 Å². The molecule has 0 aliphatic rings. The Morgan fingerprint density at radius 3 is 2.40 bits per heavy atom. The van der Waals surface area contributed by atoms with Crippen LogP contribution in [0.5, 0.6) is 0 Å². The van der Waals surface area contributed by atoms with Crippen LogP contribution in [0.2, 0.25) is 12.6 Å². The van der Waals surface area contributed by atoms with E-state index in [2.05, 4.69) is 6.92 Å². The normalized spacial score (nSPS) is 14.5. The number of unbranched alkanes of at least 4 members (excludes halogenated alkanes) is 1. The van der Waals surface area contributed by atoms with Gasteiger partial charge in [0.15, 0.2) is 0 Å². The van der Waals surface area contributed by atoms with Crippen molar-refractivity contribution in [1.82, 2.24) is 0 Å². The first-order chi connectivity index (χ1) is 7.11. The Bertz CT molecular complexity index is 324. The van der Waals surface area contributed by atoms with Gasteiger partial charge in [-0.1, -0.05) is 56.6 Å². The maximum absolute atomic E-state index is 11.4. The van der Waals surface area contributed by atoms with Crippen LogP contribution in [0.25, 0.3) is 0 Å². The minimum atomic E-state index is -2.31. The van der Waals surface area contributed by atoms with Gasteiger partial charge in [0.25, 0.3) is 5.59 Å². The highest BCUT2D eigenvalue weighted by atomic mass is 28.3. The summed E-state index contributed by atoms with van der Waals surface area (Å²) in [7, 11) is -2.31. The van der Waals surface area contributed by atoms with E-state index < -0.39 is 13.7 Å². The molecular weight excluding hydrogens is 204 g/mol. The lowest BCUT2D eigenvalue weighted by molar-refractivity contribution is 0.218. The summed E-state index contributed by atoms with van der Waals surface area (Å²) in [6, 6.07) is 10.5. The van der Waals surface area contributed by atoms with Crippen LogP contribution in [0.4, 0.5) is 4.79 Å². The second-order valence-corrected chi connectivity index (χ2v) is 8.28. The molecule has 0 amide bonds. The molecule has 2 nitrogen and oxygen atoms in total. The minimum Gasteiger partial charge on any atom is -0.485 e. The van der Waals surface area contributed by atoms with Crippen molar-refractivity contribution in [2.24, 2.45) is 0 Å². The van der Waals surface area contributed by atoms with Crippen LogP contribution in [0.1, 0.15) is 19.8 Å². The fourth-order valence-electron chi connectivity index (χ4n) is 1.71. The van der Waals surface area contributed by atoms with Gasteiger partial charge >= 0.3 is 0 Å². The molecule has 0 radical (unpaired) electrons. The van der Waals surface area contributed by atoms with Gasteiger partial charge in [-0.25, -0.2) is 0 Å². The molecule has 0 unspecified atom stereocenters. The molecule has 3 heteroatoms. The molecule has 0 aliphatic carbocycles. The maximum Gasteiger partial charge on any atom is 0.274 e. The molecule has 0 saturated carbocycles. The summed E-state index contributed by atoms with van der Waals surface area (Å²) in [6.45, 7) is 4.04. The molecule has 0 aliphatic heterocycles. The van der Waals surface area contributed by atoms with Gasteiger partial charge < -0.3 is 5.11 Å². The summed E-state index contributed by atoms with van der Waals surface area (Å²) >= 11 is 0. The van der Waals surface area contributed by atoms with Crippen LogP contribution in [-0.2, 0) is 0 Å². The largest absolute Gasteiger partial charge is 0.485 e. The lowest BCUT2D eigenvalue weighted by Gasteiger charge is -2.22. The van der Waals surface area contributed by atoms with E-state index in [0.717, 1.165) is 24.1 Å². The van der Waals surface area contributed by atoms with Gasteiger partial charge in [0, 0.05) is 0 Å². The number of hydrogen-bond acceptors (Lipinski definition) is 1. The van der Waals surface area contributed by atoms with Gasteiger partial charge in [0.05, 0.1) is 0 Å². The summed E-state index contributed by atoms with van der Waals surface area (Å²) in [6.07, 6.45) is 2.06. The monoisotopic (exact) mass is 222 g/mol. The molecule has 1 aromatic carbocycles. The van der Waals surface area contributed by atoms with E-state index in [-0.39, 0.29) is 0 Å². The fraction of sp³-hybridized carbons (Fsp3) is 0.417. The van der Waals surface area contributed by atoms with Crippen molar-refractivity contribution in [2.75, 3.05) is 0 Å². The molecular formula is C12H18O2Si. The van der Waals surface area contributed by atoms with Crippen LogP contribution in [0, 0.1) is 0 Å². The first-order valence-corrected chi connectivity index (χ1v) is 8.11. The SMILES string of the molecule is CCCC[Si@](C)(C(=O)O)c1ccccc1. The predicted octanol–water partition coefficient (Wildman–Crippen LogP) is 3.03. The topological polar surface area (TPSA) is 37.3 Å². The third-order valence-corrected chi connectivity index (χ3v) is 6.82. The molecule has 1 atom stereocenters. The molecule has 82 valence electrons. The van der Waals surface area contributed by atoms with E-state index in [4.69, 9.17) is 0 Å². The summed E-state index contributed by atoms with van der Waals surface area (Å²) in [4.78, 5) is 11.4. The van der Waals surface area contributed by atoms with Crippen molar-refractivity contribution in [3.63, 3.8) is 0 Å². The minimum absolute atomic E-state index is 0.595. The summed E-state index contributed by atoms with van der Waals surface area (Å²) in [5.41, 5.74) is -0.595. The number of carboxylic acid groups (broad SMARTS) is 1. The second-order valence-electron chi connectivity index (χ2n) is 4.11. The first-order valence-electron chi connectivity index (χ1n) is 5.40. The Morgan fingerprint density at radius 2 is 1.93 bits per heavy atom. The molecule has 1 rings (SSSR count).